The van der Waals surface area contributed by atoms with Gasteiger partial charge in [0.05, 0.1) is 0 Å². The summed E-state index contributed by atoms with van der Waals surface area (Å²) in [6.07, 6.45) is 5.45. The number of nitrogens with zero attached hydrogens (tertiary/aromatic N) is 4. The van der Waals surface area contributed by atoms with Crippen LogP contribution in [0.3, 0.4) is 0 Å². The van der Waals surface area contributed by atoms with E-state index in [1.807, 2.05) is 32.8 Å². The molecule has 1 heterocycles. The third kappa shape index (κ3) is 9.86. The second kappa shape index (κ2) is 16.0. The average Bonchev–Trinajstić information content (AvgIpc) is 3.02. The van der Waals surface area contributed by atoms with Crippen molar-refractivity contribution in [3.8, 4) is 0 Å². The van der Waals surface area contributed by atoms with E-state index in [0.29, 0.717) is 35.0 Å². The van der Waals surface area contributed by atoms with Gasteiger partial charge in [0.1, 0.15) is 17.4 Å². The van der Waals surface area contributed by atoms with Crippen LogP contribution in [0.4, 0.5) is 28.8 Å². The molecule has 0 aliphatic rings. The Bertz CT molecular complexity index is 1540. The molecule has 45 heavy (non-hydrogen) atoms. The van der Waals surface area contributed by atoms with E-state index >= 15 is 0 Å². The van der Waals surface area contributed by atoms with Crippen molar-refractivity contribution in [2.75, 3.05) is 49.0 Å². The third-order valence-corrected chi connectivity index (χ3v) is 7.03. The largest absolute Gasteiger partial charge is 0.369 e. The Morgan fingerprint density at radius 1 is 0.956 bits per heavy atom. The number of nitrogens with two attached hydrogens (primary N) is 1. The molecule has 2 atom stereocenters. The van der Waals surface area contributed by atoms with Crippen LogP contribution in [-0.2, 0) is 9.59 Å². The Balaban J connectivity index is 1.69. The lowest BCUT2D eigenvalue weighted by molar-refractivity contribution is -0.132. The number of hydrogen-bond acceptors (Lipinski definition) is 9. The molecule has 4 amide bonds. The average molecular weight is 616 g/mol. The molecule has 1 unspecified atom stereocenters. The second-order valence-electron chi connectivity index (χ2n) is 10.7. The first-order valence-electron chi connectivity index (χ1n) is 14.5. The summed E-state index contributed by atoms with van der Waals surface area (Å²) in [5.74, 6) is -1.06. The normalized spacial score (nSPS) is 12.3. The molecule has 13 heteroatoms. The summed E-state index contributed by atoms with van der Waals surface area (Å²) in [5, 5.41) is 11.8. The number of primary amides is 1. The highest BCUT2D eigenvalue weighted by Gasteiger charge is 2.22. The Morgan fingerprint density at radius 2 is 1.62 bits per heavy atom. The molecular formula is C32H41N9O4. The zero-order valence-corrected chi connectivity index (χ0v) is 26.4. The minimum absolute atomic E-state index is 0.0674. The smallest absolute Gasteiger partial charge is 0.260 e. The molecule has 0 aliphatic carbocycles. The molecule has 6 N–H and O–H groups in total. The van der Waals surface area contributed by atoms with Gasteiger partial charge >= 0.3 is 0 Å². The fraction of sp³-hybridized carbons (Fsp3) is 0.312. The molecule has 0 saturated heterocycles. The number of rotatable bonds is 14. The molecule has 0 radical (unpaired) electrons. The molecule has 3 rings (SSSR count). The van der Waals surface area contributed by atoms with Crippen molar-refractivity contribution in [2.24, 2.45) is 5.73 Å². The summed E-state index contributed by atoms with van der Waals surface area (Å²) in [7, 11) is 5.40. The topological polar surface area (TPSA) is 175 Å². The maximum absolute atomic E-state index is 13.3. The molecule has 0 bridgehead atoms. The van der Waals surface area contributed by atoms with E-state index in [2.05, 4.69) is 31.2 Å². The number of amides is 4. The van der Waals surface area contributed by atoms with Gasteiger partial charge in [0.2, 0.25) is 23.7 Å². The minimum Gasteiger partial charge on any atom is -0.369 e. The fourth-order valence-corrected chi connectivity index (χ4v) is 3.83. The molecule has 0 saturated carbocycles. The van der Waals surface area contributed by atoms with Crippen LogP contribution in [0.25, 0.3) is 0 Å². The van der Waals surface area contributed by atoms with E-state index in [1.165, 1.54) is 17.2 Å². The van der Waals surface area contributed by atoms with Crippen molar-refractivity contribution in [2.45, 2.75) is 39.3 Å². The van der Waals surface area contributed by atoms with Gasteiger partial charge in [-0.2, -0.15) is 4.98 Å². The monoisotopic (exact) mass is 615 g/mol. The molecule has 13 nitrogen and oxygen atoms in total. The Hall–Kier alpha value is -5.30. The van der Waals surface area contributed by atoms with E-state index < -0.39 is 17.9 Å². The van der Waals surface area contributed by atoms with Crippen LogP contribution in [0.15, 0.2) is 66.9 Å². The summed E-state index contributed by atoms with van der Waals surface area (Å²) in [6, 6.07) is 12.5. The van der Waals surface area contributed by atoms with Gasteiger partial charge in [0.15, 0.2) is 0 Å². The van der Waals surface area contributed by atoms with Crippen LogP contribution in [0.5, 0.6) is 0 Å². The molecule has 1 aromatic heterocycles. The van der Waals surface area contributed by atoms with E-state index in [-0.39, 0.29) is 29.4 Å². The number of carbonyl (C=O) groups is 4. The molecular weight excluding hydrogens is 574 g/mol. The maximum Gasteiger partial charge on any atom is 0.260 e. The lowest BCUT2D eigenvalue weighted by Gasteiger charge is -2.23. The summed E-state index contributed by atoms with van der Waals surface area (Å²) in [4.78, 5) is 62.2. The van der Waals surface area contributed by atoms with Crippen LogP contribution >= 0.6 is 0 Å². The van der Waals surface area contributed by atoms with Gasteiger partial charge in [0, 0.05) is 54.5 Å². The molecule has 0 fully saturated rings. The van der Waals surface area contributed by atoms with Crippen LogP contribution in [0, 0.1) is 0 Å². The maximum atomic E-state index is 13.3. The Labute approximate surface area is 263 Å². The first kappa shape index (κ1) is 34.2. The standard InChI is InChI=1S/C32H41N9O4/c1-7-17-34-29-26(19-35-32(39-29)38-23-14-12-22(13-15-23)28(33)43)31(45)37-25-10-8-9-24(18-25)36-30(44)21(3)41(6)27(42)16-11-20(2)40(4)5/h8-16,18-21H,7,17H2,1-6H3,(H2,33,43)(H,36,44)(H,37,45)(H2,34,35,38,39)/b16-11+/t20?,21-/m0/s1. The van der Waals surface area contributed by atoms with Crippen LogP contribution in [0.2, 0.25) is 0 Å². The van der Waals surface area contributed by atoms with Crippen molar-refractivity contribution >= 4 is 52.5 Å². The highest BCUT2D eigenvalue weighted by Crippen LogP contribution is 2.21. The second-order valence-corrected chi connectivity index (χ2v) is 10.7. The van der Waals surface area contributed by atoms with Crippen LogP contribution in [0.1, 0.15) is 47.9 Å². The molecule has 0 aliphatic heterocycles. The first-order valence-corrected chi connectivity index (χ1v) is 14.5. The molecule has 3 aromatic rings. The summed E-state index contributed by atoms with van der Waals surface area (Å²) in [5.41, 5.74) is 7.42. The van der Waals surface area contributed by atoms with Gasteiger partial charge in [0.25, 0.3) is 5.91 Å². The van der Waals surface area contributed by atoms with Crippen molar-refractivity contribution in [3.63, 3.8) is 0 Å². The lowest BCUT2D eigenvalue weighted by Crippen LogP contribution is -2.42. The van der Waals surface area contributed by atoms with Crippen molar-refractivity contribution in [1.29, 1.82) is 0 Å². The zero-order chi connectivity index (χ0) is 33.1. The molecule has 0 spiro atoms. The predicted octanol–water partition coefficient (Wildman–Crippen LogP) is 3.69. The SMILES string of the molecule is CCCNc1nc(Nc2ccc(C(N)=O)cc2)ncc1C(=O)Nc1cccc(NC(=O)[C@H](C)N(C)C(=O)/C=C/C(C)N(C)C)c1. The highest BCUT2D eigenvalue weighted by atomic mass is 16.2. The van der Waals surface area contributed by atoms with Gasteiger partial charge in [-0.1, -0.05) is 19.1 Å². The Kier molecular flexibility index (Phi) is 12.1. The van der Waals surface area contributed by atoms with Crippen molar-refractivity contribution in [1.82, 2.24) is 19.8 Å². The molecule has 238 valence electrons. The number of anilines is 5. The minimum atomic E-state index is -0.743. The first-order chi connectivity index (χ1) is 21.4. The van der Waals surface area contributed by atoms with E-state index in [4.69, 9.17) is 5.73 Å². The van der Waals surface area contributed by atoms with Gasteiger partial charge in [-0.25, -0.2) is 4.98 Å². The summed E-state index contributed by atoms with van der Waals surface area (Å²) < 4.78 is 0. The van der Waals surface area contributed by atoms with Crippen molar-refractivity contribution in [3.05, 3.63) is 78.0 Å². The summed E-state index contributed by atoms with van der Waals surface area (Å²) >= 11 is 0. The Morgan fingerprint density at radius 3 is 2.24 bits per heavy atom. The number of nitrogens with one attached hydrogen (secondary N) is 4. The lowest BCUT2D eigenvalue weighted by atomic mass is 10.2. The van der Waals surface area contributed by atoms with E-state index in [0.717, 1.165) is 6.42 Å². The van der Waals surface area contributed by atoms with Crippen molar-refractivity contribution < 1.29 is 19.2 Å². The highest BCUT2D eigenvalue weighted by molar-refractivity contribution is 6.08. The van der Waals surface area contributed by atoms with Gasteiger partial charge in [-0.3, -0.25) is 19.2 Å². The number of likely N-dealkylation sites (N-methyl/N-ethyl adjacent to an activating group) is 2. The van der Waals surface area contributed by atoms with Crippen LogP contribution < -0.4 is 27.0 Å². The molecule has 2 aromatic carbocycles. The quantitative estimate of drug-likeness (QED) is 0.169. The van der Waals surface area contributed by atoms with E-state index in [9.17, 15) is 19.2 Å². The van der Waals surface area contributed by atoms with Crippen LogP contribution in [-0.4, -0.2) is 83.2 Å². The third-order valence-electron chi connectivity index (χ3n) is 7.03. The van der Waals surface area contributed by atoms with Gasteiger partial charge < -0.3 is 36.8 Å². The number of benzene rings is 2. The number of aromatic nitrogens is 2. The van der Waals surface area contributed by atoms with E-state index in [1.54, 1.807) is 68.6 Å². The number of hydrogen-bond donors (Lipinski definition) is 5. The predicted molar refractivity (Wildman–Crippen MR) is 177 cm³/mol. The van der Waals surface area contributed by atoms with Gasteiger partial charge in [-0.05, 0) is 76.8 Å². The van der Waals surface area contributed by atoms with Gasteiger partial charge in [-0.15, -0.1) is 0 Å². The zero-order valence-electron chi connectivity index (χ0n) is 26.4. The number of carbonyl (C=O) groups excluding carboxylic acids is 4. The summed E-state index contributed by atoms with van der Waals surface area (Å²) in [6.45, 7) is 6.17. The fourth-order valence-electron chi connectivity index (χ4n) is 3.83.